The molecule has 0 bridgehead atoms. The highest BCUT2D eigenvalue weighted by Gasteiger charge is 2.17. The van der Waals surface area contributed by atoms with Gasteiger partial charge >= 0.3 is 0 Å². The Morgan fingerprint density at radius 1 is 1.67 bits per heavy atom. The van der Waals surface area contributed by atoms with Crippen molar-refractivity contribution in [2.75, 3.05) is 7.05 Å². The Bertz CT molecular complexity index is 332. The van der Waals surface area contributed by atoms with Crippen molar-refractivity contribution in [3.05, 3.63) is 18.2 Å². The highest BCUT2D eigenvalue weighted by Crippen LogP contribution is 2.19. The largest absolute Gasteiger partial charge is 0.370 e. The number of hydrogen-bond acceptors (Lipinski definition) is 3. The molecule has 1 atom stereocenters. The number of aromatic nitrogens is 2. The molecule has 1 amide bonds. The van der Waals surface area contributed by atoms with Gasteiger partial charge in [0, 0.05) is 18.7 Å². The Hall–Kier alpha value is -1.36. The second kappa shape index (κ2) is 4.93. The van der Waals surface area contributed by atoms with E-state index in [0.29, 0.717) is 6.04 Å². The third-order valence-corrected chi connectivity index (χ3v) is 2.36. The van der Waals surface area contributed by atoms with Crippen LogP contribution in [0.15, 0.2) is 12.5 Å². The summed E-state index contributed by atoms with van der Waals surface area (Å²) in [6, 6.07) is 0.263. The minimum absolute atomic E-state index is 0.0626. The summed E-state index contributed by atoms with van der Waals surface area (Å²) in [4.78, 5) is 15.0. The molecule has 1 aromatic heterocycles. The van der Waals surface area contributed by atoms with Crippen molar-refractivity contribution in [3.63, 3.8) is 0 Å². The van der Waals surface area contributed by atoms with Crippen molar-refractivity contribution in [1.29, 1.82) is 0 Å². The third-order valence-electron chi connectivity index (χ3n) is 2.36. The molecule has 0 aliphatic carbocycles. The molecule has 5 nitrogen and oxygen atoms in total. The Labute approximate surface area is 89.7 Å². The summed E-state index contributed by atoms with van der Waals surface area (Å²) in [5.41, 5.74) is 6.18. The molecule has 0 radical (unpaired) electrons. The molecular weight excluding hydrogens is 192 g/mol. The summed E-state index contributed by atoms with van der Waals surface area (Å²) < 4.78 is 2.03. The summed E-state index contributed by atoms with van der Waals surface area (Å²) in [5.74, 6) is -0.314. The van der Waals surface area contributed by atoms with E-state index in [1.165, 1.54) is 0 Å². The molecule has 0 aliphatic heterocycles. The van der Waals surface area contributed by atoms with E-state index >= 15 is 0 Å². The molecule has 1 aromatic rings. The fraction of sp³-hybridized carbons (Fsp3) is 0.600. The van der Waals surface area contributed by atoms with Gasteiger partial charge in [0.15, 0.2) is 0 Å². The van der Waals surface area contributed by atoms with E-state index in [2.05, 4.69) is 24.1 Å². The van der Waals surface area contributed by atoms with E-state index in [-0.39, 0.29) is 18.4 Å². The lowest BCUT2D eigenvalue weighted by molar-refractivity contribution is -0.118. The lowest BCUT2D eigenvalue weighted by Crippen LogP contribution is -2.26. The highest BCUT2D eigenvalue weighted by molar-refractivity contribution is 5.74. The predicted octanol–water partition coefficient (Wildman–Crippen LogP) is 0.600. The van der Waals surface area contributed by atoms with Crippen LogP contribution in [0.2, 0.25) is 0 Å². The van der Waals surface area contributed by atoms with Gasteiger partial charge in [0.25, 0.3) is 0 Å². The van der Waals surface area contributed by atoms with Gasteiger partial charge < -0.3 is 15.6 Å². The second-order valence-electron chi connectivity index (χ2n) is 3.83. The van der Waals surface area contributed by atoms with Crippen molar-refractivity contribution in [1.82, 2.24) is 14.9 Å². The van der Waals surface area contributed by atoms with Crippen LogP contribution in [-0.4, -0.2) is 22.5 Å². The van der Waals surface area contributed by atoms with E-state index in [0.717, 1.165) is 5.69 Å². The van der Waals surface area contributed by atoms with Crippen molar-refractivity contribution in [2.45, 2.75) is 32.4 Å². The Balaban J connectivity index is 2.91. The van der Waals surface area contributed by atoms with Gasteiger partial charge in [0.2, 0.25) is 5.91 Å². The number of imidazole rings is 1. The van der Waals surface area contributed by atoms with Crippen LogP contribution in [0.4, 0.5) is 0 Å². The van der Waals surface area contributed by atoms with E-state index < -0.39 is 0 Å². The lowest BCUT2D eigenvalue weighted by atomic mass is 10.1. The maximum Gasteiger partial charge on any atom is 0.219 e. The van der Waals surface area contributed by atoms with Gasteiger partial charge in [0.1, 0.15) is 0 Å². The smallest absolute Gasteiger partial charge is 0.219 e. The van der Waals surface area contributed by atoms with Gasteiger partial charge in [-0.1, -0.05) is 0 Å². The minimum atomic E-state index is -0.314. The zero-order chi connectivity index (χ0) is 11.4. The van der Waals surface area contributed by atoms with Crippen LogP contribution in [0.3, 0.4) is 0 Å². The van der Waals surface area contributed by atoms with Crippen LogP contribution in [0.1, 0.15) is 38.0 Å². The molecular formula is C10H18N4O. The summed E-state index contributed by atoms with van der Waals surface area (Å²) in [6.45, 7) is 4.14. The quantitative estimate of drug-likeness (QED) is 0.747. The monoisotopic (exact) mass is 210 g/mol. The molecule has 84 valence electrons. The number of amides is 1. The maximum absolute atomic E-state index is 10.9. The third kappa shape index (κ3) is 2.79. The second-order valence-corrected chi connectivity index (χ2v) is 3.83. The van der Waals surface area contributed by atoms with Gasteiger partial charge in [0.05, 0.1) is 18.1 Å². The Morgan fingerprint density at radius 3 is 2.80 bits per heavy atom. The van der Waals surface area contributed by atoms with Crippen molar-refractivity contribution >= 4 is 5.91 Å². The van der Waals surface area contributed by atoms with Gasteiger partial charge in [-0.25, -0.2) is 4.98 Å². The van der Waals surface area contributed by atoms with E-state index in [9.17, 15) is 4.79 Å². The van der Waals surface area contributed by atoms with Crippen LogP contribution in [0.25, 0.3) is 0 Å². The molecule has 5 heteroatoms. The van der Waals surface area contributed by atoms with Gasteiger partial charge in [-0.3, -0.25) is 4.79 Å². The SMILES string of the molecule is CNC(CC(N)=O)c1cncn1C(C)C. The molecule has 0 fully saturated rings. The number of nitrogens with two attached hydrogens (primary N) is 1. The zero-order valence-corrected chi connectivity index (χ0v) is 9.40. The van der Waals surface area contributed by atoms with Gasteiger partial charge in [-0.05, 0) is 20.9 Å². The first-order valence-electron chi connectivity index (χ1n) is 5.03. The fourth-order valence-corrected chi connectivity index (χ4v) is 1.57. The van der Waals surface area contributed by atoms with E-state index in [1.54, 1.807) is 12.5 Å². The average Bonchev–Trinajstić information content (AvgIpc) is 2.62. The predicted molar refractivity (Wildman–Crippen MR) is 58.2 cm³/mol. The number of rotatable bonds is 5. The molecule has 0 spiro atoms. The van der Waals surface area contributed by atoms with Crippen molar-refractivity contribution in [2.24, 2.45) is 5.73 Å². The van der Waals surface area contributed by atoms with Crippen molar-refractivity contribution in [3.8, 4) is 0 Å². The normalized spacial score (nSPS) is 13.1. The van der Waals surface area contributed by atoms with E-state index in [4.69, 9.17) is 5.73 Å². The zero-order valence-electron chi connectivity index (χ0n) is 9.40. The van der Waals surface area contributed by atoms with Gasteiger partial charge in [-0.15, -0.1) is 0 Å². The first-order chi connectivity index (χ1) is 7.06. The number of carbonyl (C=O) groups is 1. The number of hydrogen-bond donors (Lipinski definition) is 2. The summed E-state index contributed by atoms with van der Waals surface area (Å²) in [5, 5.41) is 3.07. The summed E-state index contributed by atoms with van der Waals surface area (Å²) in [6.07, 6.45) is 3.82. The van der Waals surface area contributed by atoms with Crippen molar-refractivity contribution < 1.29 is 4.79 Å². The van der Waals surface area contributed by atoms with Crippen LogP contribution in [0.5, 0.6) is 0 Å². The lowest BCUT2D eigenvalue weighted by Gasteiger charge is -2.19. The standard InChI is InChI=1S/C10H18N4O/c1-7(2)14-6-13-5-9(14)8(12-3)4-10(11)15/h5-8,12H,4H2,1-3H3,(H2,11,15). The van der Waals surface area contributed by atoms with Crippen LogP contribution in [0, 0.1) is 0 Å². The molecule has 3 N–H and O–H groups in total. The summed E-state index contributed by atoms with van der Waals surface area (Å²) >= 11 is 0. The molecule has 0 aliphatic rings. The van der Waals surface area contributed by atoms with Gasteiger partial charge in [-0.2, -0.15) is 0 Å². The number of nitrogens with zero attached hydrogens (tertiary/aromatic N) is 2. The molecule has 0 aromatic carbocycles. The Kier molecular flexibility index (Phi) is 3.85. The van der Waals surface area contributed by atoms with Crippen LogP contribution in [-0.2, 0) is 4.79 Å². The number of carbonyl (C=O) groups excluding carboxylic acids is 1. The number of nitrogens with one attached hydrogen (secondary N) is 1. The molecule has 1 unspecified atom stereocenters. The topological polar surface area (TPSA) is 72.9 Å². The molecule has 0 saturated carbocycles. The maximum atomic E-state index is 10.9. The number of primary amides is 1. The first kappa shape index (κ1) is 11.7. The molecule has 15 heavy (non-hydrogen) atoms. The molecule has 0 saturated heterocycles. The highest BCUT2D eigenvalue weighted by atomic mass is 16.1. The first-order valence-corrected chi connectivity index (χ1v) is 5.03. The molecule has 1 heterocycles. The molecule has 1 rings (SSSR count). The van der Waals surface area contributed by atoms with E-state index in [1.807, 2.05) is 11.6 Å². The van der Waals surface area contributed by atoms with Crippen LogP contribution < -0.4 is 11.1 Å². The Morgan fingerprint density at radius 2 is 2.33 bits per heavy atom. The average molecular weight is 210 g/mol. The minimum Gasteiger partial charge on any atom is -0.370 e. The summed E-state index contributed by atoms with van der Waals surface area (Å²) in [7, 11) is 1.81. The van der Waals surface area contributed by atoms with Crippen LogP contribution >= 0.6 is 0 Å². The fourth-order valence-electron chi connectivity index (χ4n) is 1.57.